The highest BCUT2D eigenvalue weighted by molar-refractivity contribution is 5.82. The van der Waals surface area contributed by atoms with Crippen LogP contribution in [0.4, 0.5) is 15.0 Å². The van der Waals surface area contributed by atoms with Crippen LogP contribution in [0.5, 0.6) is 0 Å². The van der Waals surface area contributed by atoms with Gasteiger partial charge in [-0.2, -0.15) is 5.10 Å². The van der Waals surface area contributed by atoms with Crippen LogP contribution >= 0.6 is 0 Å². The lowest BCUT2D eigenvalue weighted by atomic mass is 9.85. The summed E-state index contributed by atoms with van der Waals surface area (Å²) in [6, 6.07) is 5.81. The van der Waals surface area contributed by atoms with Crippen molar-refractivity contribution < 1.29 is 24.1 Å². The van der Waals surface area contributed by atoms with Crippen LogP contribution in [0.2, 0.25) is 0 Å². The minimum absolute atomic E-state index is 0.0553. The van der Waals surface area contributed by atoms with E-state index >= 15 is 4.39 Å². The molecule has 35 heavy (non-hydrogen) atoms. The third kappa shape index (κ3) is 4.53. The summed E-state index contributed by atoms with van der Waals surface area (Å²) in [5.74, 6) is 1.53. The van der Waals surface area contributed by atoms with Crippen molar-refractivity contribution in [1.82, 2.24) is 24.6 Å². The largest absolute Gasteiger partial charge is 0.465 e. The lowest BCUT2D eigenvalue weighted by molar-refractivity contribution is 0.00335. The molecule has 0 radical (unpaired) electrons. The predicted molar refractivity (Wildman–Crippen MR) is 127 cm³/mol. The van der Waals surface area contributed by atoms with E-state index in [-0.39, 0.29) is 25.2 Å². The zero-order valence-electron chi connectivity index (χ0n) is 19.8. The number of carbonyl (C=O) groups is 1. The van der Waals surface area contributed by atoms with E-state index in [2.05, 4.69) is 20.0 Å². The molecule has 2 N–H and O–H groups in total. The molecule has 186 valence electrons. The van der Waals surface area contributed by atoms with E-state index in [0.29, 0.717) is 44.3 Å². The third-order valence-corrected chi connectivity index (χ3v) is 6.86. The van der Waals surface area contributed by atoms with Gasteiger partial charge in [0.05, 0.1) is 37.6 Å². The molecule has 0 saturated carbocycles. The molecule has 0 spiro atoms. The average Bonchev–Trinajstić information content (AvgIpc) is 3.25. The first-order valence-electron chi connectivity index (χ1n) is 11.8. The fraction of sp³-hybridized carbons (Fsp3) is 0.500. The van der Waals surface area contributed by atoms with E-state index in [1.165, 1.54) is 0 Å². The van der Waals surface area contributed by atoms with Gasteiger partial charge in [0.25, 0.3) is 0 Å². The number of aliphatic hydroxyl groups is 1. The van der Waals surface area contributed by atoms with Gasteiger partial charge in [0, 0.05) is 37.0 Å². The first kappa shape index (κ1) is 23.4. The molecule has 11 heteroatoms. The molecule has 0 bridgehead atoms. The molecule has 2 fully saturated rings. The number of nitrogens with zero attached hydrogens (tertiary/aromatic N) is 6. The molecule has 1 aromatic carbocycles. The minimum Gasteiger partial charge on any atom is -0.465 e. The van der Waals surface area contributed by atoms with Gasteiger partial charge in [-0.05, 0) is 43.5 Å². The number of likely N-dealkylation sites (tertiary alicyclic amines) is 1. The predicted octanol–water partition coefficient (Wildman–Crippen LogP) is 2.44. The zero-order chi connectivity index (χ0) is 24.7. The summed E-state index contributed by atoms with van der Waals surface area (Å²) in [5, 5.41) is 24.2. The van der Waals surface area contributed by atoms with Crippen molar-refractivity contribution in [3.05, 3.63) is 41.3 Å². The van der Waals surface area contributed by atoms with Gasteiger partial charge in [0.15, 0.2) is 5.82 Å². The van der Waals surface area contributed by atoms with Gasteiger partial charge < -0.3 is 24.7 Å². The maximum absolute atomic E-state index is 15.1. The maximum Gasteiger partial charge on any atom is 0.407 e. The Hall–Kier alpha value is -3.31. The number of halogens is 1. The summed E-state index contributed by atoms with van der Waals surface area (Å²) in [6.07, 6.45) is -0.439. The number of hydrogen-bond donors (Lipinski definition) is 2. The normalized spacial score (nSPS) is 23.1. The number of benzene rings is 1. The van der Waals surface area contributed by atoms with E-state index in [9.17, 15) is 15.0 Å². The smallest absolute Gasteiger partial charge is 0.407 e. The summed E-state index contributed by atoms with van der Waals surface area (Å²) in [7, 11) is 0. The number of hydrogen-bond acceptors (Lipinski definition) is 7. The lowest BCUT2D eigenvalue weighted by Crippen LogP contribution is -2.44. The molecule has 3 aromatic rings. The molecule has 2 aliphatic heterocycles. The van der Waals surface area contributed by atoms with Crippen molar-refractivity contribution in [2.75, 3.05) is 44.3 Å². The van der Waals surface area contributed by atoms with Crippen LogP contribution in [0, 0.1) is 13.8 Å². The Morgan fingerprint density at radius 3 is 2.71 bits per heavy atom. The molecule has 2 saturated heterocycles. The van der Waals surface area contributed by atoms with E-state index < -0.39 is 12.3 Å². The Balaban J connectivity index is 1.50. The molecule has 5 rings (SSSR count). The van der Waals surface area contributed by atoms with Crippen LogP contribution in [-0.2, 0) is 4.74 Å². The van der Waals surface area contributed by atoms with Gasteiger partial charge in [-0.1, -0.05) is 0 Å². The van der Waals surface area contributed by atoms with Crippen molar-refractivity contribution in [3.8, 4) is 5.82 Å². The maximum atomic E-state index is 15.1. The highest BCUT2D eigenvalue weighted by Gasteiger charge is 2.33. The average molecular weight is 485 g/mol. The summed E-state index contributed by atoms with van der Waals surface area (Å²) >= 11 is 0. The molecular weight excluding hydrogens is 455 g/mol. The Labute approximate surface area is 201 Å². The first-order valence-corrected chi connectivity index (χ1v) is 11.8. The number of morpholine rings is 1. The van der Waals surface area contributed by atoms with Crippen molar-refractivity contribution in [2.45, 2.75) is 38.5 Å². The molecule has 10 nitrogen and oxygen atoms in total. The molecule has 3 atom stereocenters. The van der Waals surface area contributed by atoms with Crippen LogP contribution in [-0.4, -0.2) is 92.6 Å². The molecule has 0 aliphatic carbocycles. The van der Waals surface area contributed by atoms with Crippen LogP contribution in [0.3, 0.4) is 0 Å². The van der Waals surface area contributed by atoms with Crippen molar-refractivity contribution in [3.63, 3.8) is 0 Å². The molecule has 1 amide bonds. The second-order valence-corrected chi connectivity index (χ2v) is 9.22. The Morgan fingerprint density at radius 1 is 1.17 bits per heavy atom. The number of rotatable bonds is 4. The number of fused-ring (bicyclic) bond motifs is 1. The van der Waals surface area contributed by atoms with Crippen molar-refractivity contribution in [1.29, 1.82) is 0 Å². The Morgan fingerprint density at radius 2 is 1.97 bits per heavy atom. The van der Waals surface area contributed by atoms with E-state index in [1.54, 1.807) is 10.9 Å². The molecular formula is C24H29FN6O4. The number of anilines is 1. The molecule has 4 heterocycles. The number of piperidine rings is 1. The van der Waals surface area contributed by atoms with Crippen LogP contribution in [0.25, 0.3) is 16.7 Å². The van der Waals surface area contributed by atoms with Gasteiger partial charge in [-0.25, -0.2) is 23.8 Å². The summed E-state index contributed by atoms with van der Waals surface area (Å²) in [5.41, 5.74) is 2.62. The van der Waals surface area contributed by atoms with E-state index in [4.69, 9.17) is 4.74 Å². The fourth-order valence-corrected chi connectivity index (χ4v) is 5.06. The van der Waals surface area contributed by atoms with Gasteiger partial charge in [-0.3, -0.25) is 0 Å². The topological polar surface area (TPSA) is 117 Å². The Bertz CT molecular complexity index is 1250. The summed E-state index contributed by atoms with van der Waals surface area (Å²) in [6.45, 7) is 5.58. The fourth-order valence-electron chi connectivity index (χ4n) is 5.06. The van der Waals surface area contributed by atoms with Gasteiger partial charge in [0.1, 0.15) is 17.8 Å². The SMILES string of the molecule is Cc1nc(N2CCOC(CO)C2)cc(-n2ncc3cc(C)c(C4CCN(C(=O)O)CC4F)cc32)n1. The third-order valence-electron chi connectivity index (χ3n) is 6.86. The van der Waals surface area contributed by atoms with Gasteiger partial charge in [-0.15, -0.1) is 0 Å². The highest BCUT2D eigenvalue weighted by Crippen LogP contribution is 2.35. The van der Waals surface area contributed by atoms with E-state index in [0.717, 1.165) is 32.7 Å². The Kier molecular flexibility index (Phi) is 6.28. The van der Waals surface area contributed by atoms with Gasteiger partial charge >= 0.3 is 6.09 Å². The van der Waals surface area contributed by atoms with Gasteiger partial charge in [0.2, 0.25) is 0 Å². The quantitative estimate of drug-likeness (QED) is 0.580. The number of aryl methyl sites for hydroxylation is 2. The summed E-state index contributed by atoms with van der Waals surface area (Å²) < 4.78 is 22.4. The first-order chi connectivity index (χ1) is 16.8. The van der Waals surface area contributed by atoms with Crippen molar-refractivity contribution >= 4 is 22.8 Å². The molecule has 3 unspecified atom stereocenters. The lowest BCUT2D eigenvalue weighted by Gasteiger charge is -2.34. The van der Waals surface area contributed by atoms with E-state index in [1.807, 2.05) is 32.0 Å². The van der Waals surface area contributed by atoms with Crippen LogP contribution in [0.1, 0.15) is 29.3 Å². The number of aliphatic hydroxyl groups excluding tert-OH is 1. The standard InChI is InChI=1S/C24H29FN6O4/c1-14-7-16-10-26-31(21(16)8-19(14)18-3-4-30(24(33)34)12-20(18)25)23-9-22(27-15(2)28-23)29-5-6-35-17(11-29)13-32/h7-10,17-18,20,32H,3-6,11-13H2,1-2H3,(H,33,34). The van der Waals surface area contributed by atoms with Crippen LogP contribution < -0.4 is 4.90 Å². The summed E-state index contributed by atoms with van der Waals surface area (Å²) in [4.78, 5) is 23.7. The second-order valence-electron chi connectivity index (χ2n) is 9.22. The number of ether oxygens (including phenoxy) is 1. The number of alkyl halides is 1. The second kappa shape index (κ2) is 9.38. The number of amides is 1. The number of carboxylic acid groups (broad SMARTS) is 1. The molecule has 2 aromatic heterocycles. The van der Waals surface area contributed by atoms with Crippen LogP contribution in [0.15, 0.2) is 24.4 Å². The minimum atomic E-state index is -1.28. The highest BCUT2D eigenvalue weighted by atomic mass is 19.1. The van der Waals surface area contributed by atoms with Crippen molar-refractivity contribution in [2.24, 2.45) is 0 Å². The number of aromatic nitrogens is 4. The zero-order valence-corrected chi connectivity index (χ0v) is 19.8. The monoisotopic (exact) mass is 484 g/mol. The molecule has 2 aliphatic rings.